The van der Waals surface area contributed by atoms with E-state index in [4.69, 9.17) is 9.84 Å². The minimum Gasteiger partial charge on any atom is -0.481 e. The maximum atomic E-state index is 11.7. The predicted molar refractivity (Wildman–Crippen MR) is 67.2 cm³/mol. The first-order chi connectivity index (χ1) is 8.39. The van der Waals surface area contributed by atoms with Gasteiger partial charge in [0.05, 0.1) is 6.42 Å². The summed E-state index contributed by atoms with van der Waals surface area (Å²) in [6.45, 7) is 5.81. The highest BCUT2D eigenvalue weighted by Gasteiger charge is 2.25. The first-order valence-corrected chi connectivity index (χ1v) is 6.45. The highest BCUT2D eigenvalue weighted by atomic mass is 16.5. The van der Waals surface area contributed by atoms with Gasteiger partial charge in [0.25, 0.3) is 0 Å². The van der Waals surface area contributed by atoms with Crippen molar-refractivity contribution in [3.05, 3.63) is 0 Å². The second-order valence-electron chi connectivity index (χ2n) is 5.77. The molecule has 1 fully saturated rings. The van der Waals surface area contributed by atoms with Crippen LogP contribution in [-0.4, -0.2) is 36.7 Å². The van der Waals surface area contributed by atoms with E-state index in [1.54, 1.807) is 13.8 Å². The van der Waals surface area contributed by atoms with Gasteiger partial charge in [-0.2, -0.15) is 0 Å². The molecular formula is C13H23NO4. The Bertz CT molecular complexity index is 295. The summed E-state index contributed by atoms with van der Waals surface area (Å²) in [4.78, 5) is 22.4. The lowest BCUT2D eigenvalue weighted by Gasteiger charge is -2.24. The molecule has 0 spiro atoms. The van der Waals surface area contributed by atoms with E-state index in [1.807, 2.05) is 0 Å². The third-order valence-corrected chi connectivity index (χ3v) is 3.20. The Morgan fingerprint density at radius 3 is 2.44 bits per heavy atom. The van der Waals surface area contributed by atoms with Crippen LogP contribution in [0.25, 0.3) is 0 Å². The first kappa shape index (κ1) is 15.0. The van der Waals surface area contributed by atoms with E-state index in [1.165, 1.54) is 0 Å². The molecule has 0 saturated carbocycles. The molecule has 0 aromatic rings. The molecule has 1 amide bonds. The van der Waals surface area contributed by atoms with Gasteiger partial charge >= 0.3 is 5.97 Å². The zero-order valence-corrected chi connectivity index (χ0v) is 11.2. The largest absolute Gasteiger partial charge is 0.481 e. The van der Waals surface area contributed by atoms with Crippen molar-refractivity contribution >= 4 is 11.9 Å². The molecule has 104 valence electrons. The van der Waals surface area contributed by atoms with Crippen molar-refractivity contribution in [3.8, 4) is 0 Å². The number of hydrogen-bond donors (Lipinski definition) is 2. The fourth-order valence-electron chi connectivity index (χ4n) is 2.18. The van der Waals surface area contributed by atoms with Gasteiger partial charge in [0.2, 0.25) is 5.91 Å². The molecule has 0 aromatic carbocycles. The fourth-order valence-corrected chi connectivity index (χ4v) is 2.18. The Kier molecular flexibility index (Phi) is 5.59. The van der Waals surface area contributed by atoms with Crippen LogP contribution in [0, 0.1) is 11.3 Å². The molecule has 1 aliphatic rings. The van der Waals surface area contributed by atoms with Crippen LogP contribution in [0.1, 0.15) is 39.5 Å². The molecule has 0 unspecified atom stereocenters. The zero-order valence-electron chi connectivity index (χ0n) is 11.2. The standard InChI is InChI=1S/C13H23NO4/c1-13(2,8-12(16)17)7-11(15)14-9-10-3-5-18-6-4-10/h10H,3-9H2,1-2H3,(H,14,15)(H,16,17). The number of carboxylic acids is 1. The lowest BCUT2D eigenvalue weighted by atomic mass is 9.85. The minimum absolute atomic E-state index is 0.0116. The molecule has 0 bridgehead atoms. The van der Waals surface area contributed by atoms with Crippen LogP contribution in [0.15, 0.2) is 0 Å². The van der Waals surface area contributed by atoms with Gasteiger partial charge in [-0.05, 0) is 24.2 Å². The van der Waals surface area contributed by atoms with Crippen LogP contribution in [0.4, 0.5) is 0 Å². The van der Waals surface area contributed by atoms with E-state index < -0.39 is 11.4 Å². The molecule has 0 radical (unpaired) electrons. The summed E-state index contributed by atoms with van der Waals surface area (Å²) in [5, 5.41) is 11.6. The molecule has 0 aromatic heterocycles. The van der Waals surface area contributed by atoms with Crippen molar-refractivity contribution in [3.63, 3.8) is 0 Å². The fraction of sp³-hybridized carbons (Fsp3) is 0.846. The van der Waals surface area contributed by atoms with E-state index in [0.717, 1.165) is 26.1 Å². The van der Waals surface area contributed by atoms with Gasteiger partial charge in [0, 0.05) is 26.2 Å². The quantitative estimate of drug-likeness (QED) is 0.754. The highest BCUT2D eigenvalue weighted by Crippen LogP contribution is 2.24. The third kappa shape index (κ3) is 6.00. The number of amides is 1. The molecule has 0 atom stereocenters. The van der Waals surface area contributed by atoms with Crippen molar-refractivity contribution in [2.75, 3.05) is 19.8 Å². The van der Waals surface area contributed by atoms with Crippen molar-refractivity contribution in [1.82, 2.24) is 5.32 Å². The van der Waals surface area contributed by atoms with Gasteiger partial charge in [-0.3, -0.25) is 9.59 Å². The summed E-state index contributed by atoms with van der Waals surface area (Å²) in [6.07, 6.45) is 2.23. The van der Waals surface area contributed by atoms with Gasteiger partial charge in [-0.25, -0.2) is 0 Å². The molecule has 18 heavy (non-hydrogen) atoms. The number of nitrogens with one attached hydrogen (secondary N) is 1. The summed E-state index contributed by atoms with van der Waals surface area (Å²) in [5.41, 5.74) is -0.494. The van der Waals surface area contributed by atoms with E-state index in [2.05, 4.69) is 5.32 Å². The Morgan fingerprint density at radius 1 is 1.28 bits per heavy atom. The SMILES string of the molecule is CC(C)(CC(=O)O)CC(=O)NCC1CCOCC1. The molecule has 1 rings (SSSR count). The van der Waals surface area contributed by atoms with Crippen molar-refractivity contribution < 1.29 is 19.4 Å². The Balaban J connectivity index is 2.25. The molecule has 5 nitrogen and oxygen atoms in total. The summed E-state index contributed by atoms with van der Waals surface area (Å²) >= 11 is 0. The van der Waals surface area contributed by atoms with Gasteiger partial charge in [0.15, 0.2) is 0 Å². The number of rotatable bonds is 6. The Morgan fingerprint density at radius 2 is 1.89 bits per heavy atom. The summed E-state index contributed by atoms with van der Waals surface area (Å²) in [7, 11) is 0. The monoisotopic (exact) mass is 257 g/mol. The number of hydrogen-bond acceptors (Lipinski definition) is 3. The normalized spacial score (nSPS) is 17.4. The topological polar surface area (TPSA) is 75.6 Å². The average Bonchev–Trinajstić information content (AvgIpc) is 2.25. The number of aliphatic carboxylic acids is 1. The molecule has 5 heteroatoms. The summed E-state index contributed by atoms with van der Waals surface area (Å²) in [6, 6.07) is 0. The van der Waals surface area contributed by atoms with Crippen molar-refractivity contribution in [2.24, 2.45) is 11.3 Å². The number of carboxylic acid groups (broad SMARTS) is 1. The van der Waals surface area contributed by atoms with Crippen LogP contribution in [0.5, 0.6) is 0 Å². The molecule has 1 heterocycles. The summed E-state index contributed by atoms with van der Waals surface area (Å²) in [5.74, 6) is -0.435. The first-order valence-electron chi connectivity index (χ1n) is 6.45. The van der Waals surface area contributed by atoms with E-state index in [9.17, 15) is 9.59 Å². The van der Waals surface area contributed by atoms with Gasteiger partial charge in [-0.15, -0.1) is 0 Å². The van der Waals surface area contributed by atoms with Crippen LogP contribution < -0.4 is 5.32 Å². The van der Waals surface area contributed by atoms with Gasteiger partial charge < -0.3 is 15.2 Å². The Hall–Kier alpha value is -1.10. The maximum absolute atomic E-state index is 11.7. The minimum atomic E-state index is -0.864. The third-order valence-electron chi connectivity index (χ3n) is 3.20. The van der Waals surface area contributed by atoms with Crippen LogP contribution in [0.2, 0.25) is 0 Å². The van der Waals surface area contributed by atoms with Gasteiger partial charge in [0.1, 0.15) is 0 Å². The van der Waals surface area contributed by atoms with Gasteiger partial charge in [-0.1, -0.05) is 13.8 Å². The molecule has 2 N–H and O–H groups in total. The number of carbonyl (C=O) groups is 2. The smallest absolute Gasteiger partial charge is 0.303 e. The average molecular weight is 257 g/mol. The molecule has 0 aliphatic carbocycles. The molecule has 1 aliphatic heterocycles. The lowest BCUT2D eigenvalue weighted by molar-refractivity contribution is -0.139. The van der Waals surface area contributed by atoms with Crippen molar-refractivity contribution in [1.29, 1.82) is 0 Å². The second-order valence-corrected chi connectivity index (χ2v) is 5.77. The van der Waals surface area contributed by atoms with Crippen LogP contribution in [0.3, 0.4) is 0 Å². The van der Waals surface area contributed by atoms with E-state index >= 15 is 0 Å². The van der Waals surface area contributed by atoms with Crippen LogP contribution in [-0.2, 0) is 14.3 Å². The zero-order chi connectivity index (χ0) is 13.6. The second kappa shape index (κ2) is 6.73. The van der Waals surface area contributed by atoms with Crippen LogP contribution >= 0.6 is 0 Å². The highest BCUT2D eigenvalue weighted by molar-refractivity contribution is 5.77. The van der Waals surface area contributed by atoms with Crippen molar-refractivity contribution in [2.45, 2.75) is 39.5 Å². The van der Waals surface area contributed by atoms with E-state index in [-0.39, 0.29) is 18.7 Å². The number of carbonyl (C=O) groups excluding carboxylic acids is 1. The van der Waals surface area contributed by atoms with E-state index in [0.29, 0.717) is 12.5 Å². The predicted octanol–water partition coefficient (Wildman–Crippen LogP) is 1.42. The number of ether oxygens (including phenoxy) is 1. The maximum Gasteiger partial charge on any atom is 0.303 e. The molecular weight excluding hydrogens is 234 g/mol. The summed E-state index contributed by atoms with van der Waals surface area (Å²) < 4.78 is 5.25. The molecule has 1 saturated heterocycles. The Labute approximate surface area is 108 Å². The lowest BCUT2D eigenvalue weighted by Crippen LogP contribution is -2.35.